The first-order valence-corrected chi connectivity index (χ1v) is 6.91. The summed E-state index contributed by atoms with van der Waals surface area (Å²) in [6.07, 6.45) is 0.954. The molecule has 1 saturated heterocycles. The summed E-state index contributed by atoms with van der Waals surface area (Å²) in [4.78, 5) is 24.1. The first-order chi connectivity index (χ1) is 10.2. The summed E-state index contributed by atoms with van der Waals surface area (Å²) in [5.41, 5.74) is 0.224. The van der Waals surface area contributed by atoms with Crippen molar-refractivity contribution in [3.05, 3.63) is 34.6 Å². The molecule has 0 saturated carbocycles. The van der Waals surface area contributed by atoms with E-state index in [1.807, 2.05) is 0 Å². The summed E-state index contributed by atoms with van der Waals surface area (Å²) in [6.45, 7) is 1.87. The van der Waals surface area contributed by atoms with E-state index >= 15 is 0 Å². The molecule has 7 nitrogen and oxygen atoms in total. The number of carbonyl (C=O) groups excluding carboxylic acids is 1. The molecule has 3 rings (SSSR count). The van der Waals surface area contributed by atoms with Crippen molar-refractivity contribution in [1.29, 1.82) is 0 Å². The van der Waals surface area contributed by atoms with E-state index in [0.717, 1.165) is 17.7 Å². The minimum absolute atomic E-state index is 0.121. The molecule has 1 aliphatic rings. The van der Waals surface area contributed by atoms with Crippen LogP contribution in [0.15, 0.2) is 29.1 Å². The summed E-state index contributed by atoms with van der Waals surface area (Å²) >= 11 is 0. The fraction of sp³-hybridized carbons (Fsp3) is 0.429. The third-order valence-corrected chi connectivity index (χ3v) is 3.53. The minimum Gasteiger partial charge on any atom is -0.381 e. The van der Waals surface area contributed by atoms with Crippen molar-refractivity contribution in [2.75, 3.05) is 19.8 Å². The van der Waals surface area contributed by atoms with Gasteiger partial charge >= 0.3 is 0 Å². The van der Waals surface area contributed by atoms with E-state index in [4.69, 9.17) is 4.74 Å². The number of ether oxygens (including phenoxy) is 1. The molecule has 21 heavy (non-hydrogen) atoms. The lowest BCUT2D eigenvalue weighted by Gasteiger charge is -2.09. The number of nitrogens with zero attached hydrogens (tertiary/aromatic N) is 3. The summed E-state index contributed by atoms with van der Waals surface area (Å²) in [6, 6.07) is 6.94. The Balaban J connectivity index is 1.68. The number of nitrogens with one attached hydrogen (secondary N) is 1. The van der Waals surface area contributed by atoms with Crippen LogP contribution >= 0.6 is 0 Å². The molecule has 0 radical (unpaired) electrons. The normalized spacial score (nSPS) is 18.0. The average Bonchev–Trinajstić information content (AvgIpc) is 3.02. The van der Waals surface area contributed by atoms with Gasteiger partial charge in [-0.05, 0) is 18.6 Å². The molecule has 1 amide bonds. The third kappa shape index (κ3) is 3.08. The van der Waals surface area contributed by atoms with E-state index in [-0.39, 0.29) is 18.0 Å². The number of hydrogen-bond donors (Lipinski definition) is 1. The summed E-state index contributed by atoms with van der Waals surface area (Å²) in [5, 5.41) is 11.0. The summed E-state index contributed by atoms with van der Waals surface area (Å²) < 4.78 is 6.33. The molecule has 1 fully saturated rings. The minimum atomic E-state index is -0.306. The van der Waals surface area contributed by atoms with E-state index in [0.29, 0.717) is 30.0 Å². The summed E-state index contributed by atoms with van der Waals surface area (Å²) in [5.74, 6) is 0.113. The van der Waals surface area contributed by atoms with Gasteiger partial charge in [0.2, 0.25) is 5.91 Å². The van der Waals surface area contributed by atoms with Crippen molar-refractivity contribution in [2.45, 2.75) is 13.0 Å². The smallest absolute Gasteiger partial charge is 0.278 e. The van der Waals surface area contributed by atoms with Crippen molar-refractivity contribution in [3.63, 3.8) is 0 Å². The van der Waals surface area contributed by atoms with Crippen molar-refractivity contribution in [2.24, 2.45) is 5.92 Å². The zero-order valence-electron chi connectivity index (χ0n) is 11.5. The number of amides is 1. The molecular formula is C14H16N4O3. The maximum atomic E-state index is 12.2. The van der Waals surface area contributed by atoms with E-state index in [1.54, 1.807) is 24.3 Å². The van der Waals surface area contributed by atoms with Crippen molar-refractivity contribution >= 4 is 16.8 Å². The quantitative estimate of drug-likeness (QED) is 0.852. The van der Waals surface area contributed by atoms with Gasteiger partial charge in [-0.3, -0.25) is 9.59 Å². The van der Waals surface area contributed by atoms with Crippen LogP contribution in [0.1, 0.15) is 6.42 Å². The van der Waals surface area contributed by atoms with Crippen LogP contribution in [0.25, 0.3) is 10.9 Å². The standard InChI is InChI=1S/C14H16N4O3/c19-13(15-7-10-5-6-21-9-10)8-18-14(20)11-3-1-2-4-12(11)16-17-18/h1-4,10H,5-9H2,(H,15,19)/t10-/m1/s1. The maximum Gasteiger partial charge on any atom is 0.278 e. The van der Waals surface area contributed by atoms with Crippen molar-refractivity contribution in [3.8, 4) is 0 Å². The summed E-state index contributed by atoms with van der Waals surface area (Å²) in [7, 11) is 0. The van der Waals surface area contributed by atoms with Crippen LogP contribution in [-0.4, -0.2) is 40.7 Å². The molecule has 0 aliphatic carbocycles. The molecule has 2 aromatic rings. The molecule has 1 aliphatic heterocycles. The predicted octanol–water partition coefficient (Wildman–Crippen LogP) is -0.0558. The van der Waals surface area contributed by atoms with Gasteiger partial charge in [0.1, 0.15) is 12.1 Å². The highest BCUT2D eigenvalue weighted by molar-refractivity contribution is 5.78. The van der Waals surface area contributed by atoms with Gasteiger partial charge in [-0.1, -0.05) is 17.3 Å². The third-order valence-electron chi connectivity index (χ3n) is 3.53. The Kier molecular flexibility index (Phi) is 3.92. The Morgan fingerprint density at radius 3 is 3.10 bits per heavy atom. The zero-order chi connectivity index (χ0) is 14.7. The highest BCUT2D eigenvalue weighted by atomic mass is 16.5. The van der Waals surface area contributed by atoms with Crippen LogP contribution in [0.2, 0.25) is 0 Å². The molecule has 2 heterocycles. The number of fused-ring (bicyclic) bond motifs is 1. The lowest BCUT2D eigenvalue weighted by molar-refractivity contribution is -0.122. The number of rotatable bonds is 4. The number of hydrogen-bond acceptors (Lipinski definition) is 5. The van der Waals surface area contributed by atoms with Crippen LogP contribution in [0, 0.1) is 5.92 Å². The fourth-order valence-electron chi connectivity index (χ4n) is 2.32. The largest absolute Gasteiger partial charge is 0.381 e. The topological polar surface area (TPSA) is 86.1 Å². The second kappa shape index (κ2) is 6.01. The van der Waals surface area contributed by atoms with Gasteiger partial charge < -0.3 is 10.1 Å². The van der Waals surface area contributed by atoms with Gasteiger partial charge in [-0.2, -0.15) is 0 Å². The van der Waals surface area contributed by atoms with Crippen LogP contribution < -0.4 is 10.9 Å². The van der Waals surface area contributed by atoms with Crippen LogP contribution in [0.3, 0.4) is 0 Å². The van der Waals surface area contributed by atoms with E-state index in [9.17, 15) is 9.59 Å². The number of benzene rings is 1. The van der Waals surface area contributed by atoms with Crippen LogP contribution in [0.5, 0.6) is 0 Å². The van der Waals surface area contributed by atoms with Gasteiger partial charge in [0.25, 0.3) is 5.56 Å². The first kappa shape index (κ1) is 13.7. The van der Waals surface area contributed by atoms with Gasteiger partial charge in [0.05, 0.1) is 12.0 Å². The molecule has 1 N–H and O–H groups in total. The van der Waals surface area contributed by atoms with Gasteiger partial charge in [-0.25, -0.2) is 4.68 Å². The highest BCUT2D eigenvalue weighted by Crippen LogP contribution is 2.10. The monoisotopic (exact) mass is 288 g/mol. The molecule has 0 unspecified atom stereocenters. The predicted molar refractivity (Wildman–Crippen MR) is 75.7 cm³/mol. The van der Waals surface area contributed by atoms with Crippen LogP contribution in [-0.2, 0) is 16.1 Å². The van der Waals surface area contributed by atoms with Crippen molar-refractivity contribution in [1.82, 2.24) is 20.3 Å². The molecule has 1 aromatic heterocycles. The molecule has 1 atom stereocenters. The van der Waals surface area contributed by atoms with Crippen molar-refractivity contribution < 1.29 is 9.53 Å². The zero-order valence-corrected chi connectivity index (χ0v) is 11.5. The molecule has 0 bridgehead atoms. The maximum absolute atomic E-state index is 12.2. The molecule has 1 aromatic carbocycles. The Hall–Kier alpha value is -2.28. The highest BCUT2D eigenvalue weighted by Gasteiger charge is 2.17. The number of aromatic nitrogens is 3. The SMILES string of the molecule is O=C(Cn1nnc2ccccc2c1=O)NC[C@H]1CCOC1. The van der Waals surface area contributed by atoms with Gasteiger partial charge in [0.15, 0.2) is 0 Å². The molecule has 110 valence electrons. The second-order valence-electron chi connectivity index (χ2n) is 5.10. The Labute approximate surface area is 120 Å². The lowest BCUT2D eigenvalue weighted by atomic mass is 10.1. The Bertz CT molecular complexity index is 707. The Morgan fingerprint density at radius 2 is 2.29 bits per heavy atom. The van der Waals surface area contributed by atoms with E-state index in [2.05, 4.69) is 15.6 Å². The van der Waals surface area contributed by atoms with E-state index in [1.165, 1.54) is 0 Å². The number of carbonyl (C=O) groups is 1. The lowest BCUT2D eigenvalue weighted by Crippen LogP contribution is -2.36. The van der Waals surface area contributed by atoms with Gasteiger partial charge in [0, 0.05) is 19.1 Å². The second-order valence-corrected chi connectivity index (χ2v) is 5.10. The average molecular weight is 288 g/mol. The van der Waals surface area contributed by atoms with Crippen LogP contribution in [0.4, 0.5) is 0 Å². The fourth-order valence-corrected chi connectivity index (χ4v) is 2.32. The first-order valence-electron chi connectivity index (χ1n) is 6.91. The van der Waals surface area contributed by atoms with E-state index < -0.39 is 0 Å². The molecule has 0 spiro atoms. The van der Waals surface area contributed by atoms with Gasteiger partial charge in [-0.15, -0.1) is 5.10 Å². The molecule has 7 heteroatoms. The Morgan fingerprint density at radius 1 is 1.43 bits per heavy atom. The molecular weight excluding hydrogens is 272 g/mol.